The molecule has 3 aliphatic carbocycles. The van der Waals surface area contributed by atoms with E-state index in [0.717, 1.165) is 22.3 Å². The molecule has 7 rings (SSSR count). The summed E-state index contributed by atoms with van der Waals surface area (Å²) in [5.74, 6) is -2.02. The van der Waals surface area contributed by atoms with Crippen LogP contribution in [0.1, 0.15) is 45.5 Å². The molecule has 31 heavy (non-hydrogen) atoms. The molecule has 152 valence electrons. The van der Waals surface area contributed by atoms with Gasteiger partial charge in [0.25, 0.3) is 0 Å². The van der Waals surface area contributed by atoms with Crippen molar-refractivity contribution >= 4 is 34.9 Å². The number of imide groups is 1. The van der Waals surface area contributed by atoms with E-state index in [1.165, 1.54) is 11.8 Å². The zero-order chi connectivity index (χ0) is 21.5. The molecular weight excluding hydrogens is 410 g/mol. The van der Waals surface area contributed by atoms with E-state index in [4.69, 9.17) is 11.6 Å². The molecule has 1 fully saturated rings. The maximum atomic E-state index is 13.7. The molecule has 1 heterocycles. The number of hydrogen-bond donors (Lipinski definition) is 0. The molecule has 0 N–H and O–H groups in total. The average Bonchev–Trinajstić information content (AvgIpc) is 3.06. The Morgan fingerprint density at radius 3 is 1.94 bits per heavy atom. The molecule has 5 heteroatoms. The SMILES string of the molecule is CC(=O)c1ccc(N2C(=O)[C@@H]3C4c5ccccc5C(Cl)(c5ccccc54)[C@@H]3C2=O)cc1. The Morgan fingerprint density at radius 1 is 0.839 bits per heavy atom. The van der Waals surface area contributed by atoms with E-state index in [-0.39, 0.29) is 23.5 Å². The minimum atomic E-state index is -1.09. The van der Waals surface area contributed by atoms with Crippen molar-refractivity contribution in [3.8, 4) is 0 Å². The third kappa shape index (κ3) is 2.18. The van der Waals surface area contributed by atoms with Gasteiger partial charge in [-0.15, -0.1) is 11.6 Å². The fraction of sp³-hybridized carbons (Fsp3) is 0.192. The summed E-state index contributed by atoms with van der Waals surface area (Å²) in [6, 6.07) is 22.4. The van der Waals surface area contributed by atoms with Crippen molar-refractivity contribution in [3.63, 3.8) is 0 Å². The predicted octanol–water partition coefficient (Wildman–Crippen LogP) is 4.64. The molecule has 0 unspecified atom stereocenters. The van der Waals surface area contributed by atoms with Gasteiger partial charge in [0.15, 0.2) is 5.78 Å². The number of rotatable bonds is 2. The Morgan fingerprint density at radius 2 is 1.39 bits per heavy atom. The van der Waals surface area contributed by atoms with Crippen LogP contribution in [0.3, 0.4) is 0 Å². The number of Topliss-reactive ketones (excluding diaryl/α,β-unsaturated/α-hetero) is 1. The van der Waals surface area contributed by atoms with Crippen LogP contribution < -0.4 is 4.90 Å². The third-order valence-corrected chi connectivity index (χ3v) is 7.69. The van der Waals surface area contributed by atoms with Crippen molar-refractivity contribution in [1.82, 2.24) is 0 Å². The number of nitrogens with zero attached hydrogens (tertiary/aromatic N) is 1. The van der Waals surface area contributed by atoms with Crippen molar-refractivity contribution in [2.45, 2.75) is 17.7 Å². The highest BCUT2D eigenvalue weighted by molar-refractivity contribution is 6.33. The normalized spacial score (nSPS) is 27.7. The van der Waals surface area contributed by atoms with Gasteiger partial charge < -0.3 is 0 Å². The number of carbonyl (C=O) groups excluding carboxylic acids is 3. The van der Waals surface area contributed by atoms with Gasteiger partial charge in [-0.05, 0) is 53.4 Å². The molecule has 0 radical (unpaired) electrons. The van der Waals surface area contributed by atoms with Crippen molar-refractivity contribution in [2.24, 2.45) is 11.8 Å². The van der Waals surface area contributed by atoms with Crippen LogP contribution in [0.2, 0.25) is 0 Å². The second-order valence-corrected chi connectivity index (χ2v) is 9.08. The van der Waals surface area contributed by atoms with Gasteiger partial charge in [0.1, 0.15) is 4.87 Å². The summed E-state index contributed by atoms with van der Waals surface area (Å²) < 4.78 is 0. The van der Waals surface area contributed by atoms with E-state index in [1.54, 1.807) is 24.3 Å². The van der Waals surface area contributed by atoms with Crippen LogP contribution in [0, 0.1) is 11.8 Å². The van der Waals surface area contributed by atoms with Gasteiger partial charge >= 0.3 is 0 Å². The maximum Gasteiger partial charge on any atom is 0.240 e. The standard InChI is InChI=1S/C26H18ClNO3/c1-14(29)15-10-12-16(13-11-15)28-24(30)22-21-17-6-2-4-8-19(17)26(27,23(22)25(28)31)20-9-5-3-7-18(20)21/h2-13,21-23H,1H3/t21?,22-,23+,26?/m1/s1. The van der Waals surface area contributed by atoms with Gasteiger partial charge in [-0.1, -0.05) is 48.5 Å². The van der Waals surface area contributed by atoms with Crippen molar-refractivity contribution < 1.29 is 14.4 Å². The first kappa shape index (κ1) is 18.5. The van der Waals surface area contributed by atoms with Crippen LogP contribution in [0.25, 0.3) is 0 Å². The number of alkyl halides is 1. The van der Waals surface area contributed by atoms with Crippen molar-refractivity contribution in [1.29, 1.82) is 0 Å². The molecular formula is C26H18ClNO3. The second-order valence-electron chi connectivity index (χ2n) is 8.48. The summed E-state index contributed by atoms with van der Waals surface area (Å²) in [5.41, 5.74) is 4.88. The van der Waals surface area contributed by atoms with Crippen LogP contribution in [0.4, 0.5) is 5.69 Å². The zero-order valence-electron chi connectivity index (χ0n) is 16.7. The van der Waals surface area contributed by atoms with Crippen molar-refractivity contribution in [2.75, 3.05) is 4.90 Å². The lowest BCUT2D eigenvalue weighted by Crippen LogP contribution is -2.50. The van der Waals surface area contributed by atoms with E-state index in [2.05, 4.69) is 0 Å². The molecule has 3 aromatic rings. The van der Waals surface area contributed by atoms with Crippen molar-refractivity contribution in [3.05, 3.63) is 101 Å². The number of hydrogen-bond acceptors (Lipinski definition) is 3. The molecule has 3 aromatic carbocycles. The lowest BCUT2D eigenvalue weighted by Gasteiger charge is -2.50. The zero-order valence-corrected chi connectivity index (χ0v) is 17.5. The van der Waals surface area contributed by atoms with Crippen LogP contribution >= 0.6 is 11.6 Å². The number of ketones is 1. The third-order valence-electron chi connectivity index (χ3n) is 7.05. The highest BCUT2D eigenvalue weighted by Gasteiger charge is 2.67. The molecule has 2 atom stereocenters. The average molecular weight is 428 g/mol. The van der Waals surface area contributed by atoms with E-state index in [0.29, 0.717) is 11.3 Å². The van der Waals surface area contributed by atoms with Gasteiger partial charge in [-0.25, -0.2) is 4.90 Å². The van der Waals surface area contributed by atoms with Crippen LogP contribution in [0.15, 0.2) is 72.8 Å². The van der Waals surface area contributed by atoms with E-state index in [1.807, 2.05) is 48.5 Å². The summed E-state index contributed by atoms with van der Waals surface area (Å²) in [7, 11) is 0. The number of anilines is 1. The van der Waals surface area contributed by atoms with Crippen LogP contribution in [-0.2, 0) is 14.5 Å². The number of benzene rings is 3. The lowest BCUT2D eigenvalue weighted by molar-refractivity contribution is -0.122. The van der Waals surface area contributed by atoms with Crippen LogP contribution in [-0.4, -0.2) is 17.6 Å². The molecule has 1 aliphatic heterocycles. The number of amides is 2. The highest BCUT2D eigenvalue weighted by atomic mass is 35.5. The monoisotopic (exact) mass is 427 g/mol. The first-order valence-electron chi connectivity index (χ1n) is 10.3. The predicted molar refractivity (Wildman–Crippen MR) is 117 cm³/mol. The fourth-order valence-electron chi connectivity index (χ4n) is 5.78. The molecule has 2 amide bonds. The van der Waals surface area contributed by atoms with Gasteiger partial charge in [0.2, 0.25) is 11.8 Å². The smallest absolute Gasteiger partial charge is 0.240 e. The topological polar surface area (TPSA) is 54.5 Å². The Bertz CT molecular complexity index is 1250. The summed E-state index contributed by atoms with van der Waals surface area (Å²) >= 11 is 7.39. The van der Waals surface area contributed by atoms with E-state index < -0.39 is 16.7 Å². The molecule has 4 nitrogen and oxygen atoms in total. The summed E-state index contributed by atoms with van der Waals surface area (Å²) in [5, 5.41) is 0. The Kier molecular flexibility index (Phi) is 3.67. The number of halogens is 1. The summed E-state index contributed by atoms with van der Waals surface area (Å²) in [6.45, 7) is 1.49. The second kappa shape index (κ2) is 6.14. The molecule has 2 bridgehead atoms. The fourth-order valence-corrected chi connectivity index (χ4v) is 6.35. The van der Waals surface area contributed by atoms with Gasteiger partial charge in [-0.3, -0.25) is 14.4 Å². The van der Waals surface area contributed by atoms with E-state index >= 15 is 0 Å². The van der Waals surface area contributed by atoms with Crippen LogP contribution in [0.5, 0.6) is 0 Å². The minimum absolute atomic E-state index is 0.0667. The molecule has 0 spiro atoms. The molecule has 1 saturated heterocycles. The van der Waals surface area contributed by atoms with Gasteiger partial charge in [-0.2, -0.15) is 0 Å². The first-order chi connectivity index (χ1) is 14.9. The number of carbonyl (C=O) groups is 3. The Labute approximate surface area is 184 Å². The first-order valence-corrected chi connectivity index (χ1v) is 10.7. The largest absolute Gasteiger partial charge is 0.295 e. The minimum Gasteiger partial charge on any atom is -0.295 e. The Balaban J connectivity index is 1.55. The molecule has 0 saturated carbocycles. The Hall–Kier alpha value is -3.24. The summed E-state index contributed by atoms with van der Waals surface area (Å²) in [6.07, 6.45) is 0. The highest BCUT2D eigenvalue weighted by Crippen LogP contribution is 2.65. The van der Waals surface area contributed by atoms with Gasteiger partial charge in [0, 0.05) is 11.5 Å². The van der Waals surface area contributed by atoms with Gasteiger partial charge in [0.05, 0.1) is 17.5 Å². The maximum absolute atomic E-state index is 13.7. The summed E-state index contributed by atoms with van der Waals surface area (Å²) in [4.78, 5) is 39.2. The molecule has 4 aliphatic rings. The lowest BCUT2D eigenvalue weighted by atomic mass is 9.54. The van der Waals surface area contributed by atoms with E-state index in [9.17, 15) is 14.4 Å². The molecule has 0 aromatic heterocycles. The quantitative estimate of drug-likeness (QED) is 0.340.